The van der Waals surface area contributed by atoms with E-state index in [1.165, 1.54) is 36.5 Å². The van der Waals surface area contributed by atoms with Gasteiger partial charge < -0.3 is 54.2 Å². The lowest BCUT2D eigenvalue weighted by molar-refractivity contribution is -0.139. The predicted octanol–water partition coefficient (Wildman–Crippen LogP) is 4.23. The lowest BCUT2D eigenvalue weighted by atomic mass is 10.0. The lowest BCUT2D eigenvalue weighted by Gasteiger charge is -2.42. The van der Waals surface area contributed by atoms with Gasteiger partial charge >= 0.3 is 0 Å². The van der Waals surface area contributed by atoms with Gasteiger partial charge in [-0.3, -0.25) is 39.1 Å². The summed E-state index contributed by atoms with van der Waals surface area (Å²) in [6.45, 7) is 9.82. The van der Waals surface area contributed by atoms with E-state index >= 15 is 0 Å². The number of piperidine rings is 2. The molecule has 4 aromatic rings. The highest BCUT2D eigenvalue weighted by Gasteiger charge is 2.40. The molecule has 23 heteroatoms. The number of hydrogen-bond donors (Lipinski definition) is 4. The molecule has 0 bridgehead atoms. The van der Waals surface area contributed by atoms with Gasteiger partial charge in [0, 0.05) is 98.3 Å². The van der Waals surface area contributed by atoms with Crippen molar-refractivity contribution in [1.82, 2.24) is 34.9 Å². The van der Waals surface area contributed by atoms with Crippen LogP contribution in [-0.4, -0.2) is 197 Å². The Labute approximate surface area is 445 Å². The van der Waals surface area contributed by atoms with Crippen LogP contribution in [0.2, 0.25) is 5.02 Å². The zero-order chi connectivity index (χ0) is 53.2. The van der Waals surface area contributed by atoms with Gasteiger partial charge in [0.2, 0.25) is 23.6 Å². The topological polar surface area (TPSA) is 228 Å². The normalized spacial score (nSPS) is 17.6. The quantitative estimate of drug-likeness (QED) is 0.0372. The summed E-state index contributed by atoms with van der Waals surface area (Å²) in [7, 11) is 1.52. The third kappa shape index (κ3) is 15.4. The van der Waals surface area contributed by atoms with E-state index in [2.05, 4.69) is 41.0 Å². The molecule has 4 aliphatic heterocycles. The minimum atomic E-state index is -0.656. The van der Waals surface area contributed by atoms with Crippen LogP contribution in [0.1, 0.15) is 41.6 Å². The number of anilines is 4. The van der Waals surface area contributed by atoms with Gasteiger partial charge in [-0.15, -0.1) is 0 Å². The Hall–Kier alpha value is -6.37. The van der Waals surface area contributed by atoms with E-state index in [9.17, 15) is 28.4 Å². The number of imide groups is 1. The number of fused-ring (bicyclic) bond motifs is 2. The average molecular weight is 1070 g/mol. The molecule has 0 aliphatic carbocycles. The summed E-state index contributed by atoms with van der Waals surface area (Å²) in [5.41, 5.74) is 3.77. The van der Waals surface area contributed by atoms with Crippen LogP contribution in [0.3, 0.4) is 0 Å². The minimum absolute atomic E-state index is 0.0173. The Bertz CT molecular complexity index is 2690. The maximum Gasteiger partial charge on any atom is 0.255 e. The number of piperazine rings is 1. The summed E-state index contributed by atoms with van der Waals surface area (Å²) < 4.78 is 47.4. The maximum absolute atomic E-state index is 13.7. The second-order valence-corrected chi connectivity index (χ2v) is 19.0. The first-order valence-electron chi connectivity index (χ1n) is 25.7. The lowest BCUT2D eigenvalue weighted by Crippen LogP contribution is -2.54. The summed E-state index contributed by atoms with van der Waals surface area (Å²) in [5.74, 6) is -0.918. The number of benzene rings is 3. The Morgan fingerprint density at radius 2 is 1.54 bits per heavy atom. The number of methoxy groups -OCH3 is 1. The fourth-order valence-corrected chi connectivity index (χ4v) is 9.77. The van der Waals surface area contributed by atoms with Gasteiger partial charge in [-0.1, -0.05) is 23.7 Å². The summed E-state index contributed by atoms with van der Waals surface area (Å²) in [6, 6.07) is 13.0. The number of carbonyl (C=O) groups excluding carboxylic acids is 5. The highest BCUT2D eigenvalue weighted by atomic mass is 35.5. The number of likely N-dealkylation sites (tertiary alicyclic amines) is 1. The van der Waals surface area contributed by atoms with E-state index in [1.807, 2.05) is 17.0 Å². The number of ether oxygens (including phenoxy) is 6. The molecule has 1 unspecified atom stereocenters. The molecule has 3 aromatic carbocycles. The molecule has 8 rings (SSSR count). The first kappa shape index (κ1) is 55.9. The zero-order valence-electron chi connectivity index (χ0n) is 42.7. The Balaban J connectivity index is 0.605. The molecule has 0 saturated carbocycles. The molecule has 0 spiro atoms. The monoisotopic (exact) mass is 1070 g/mol. The van der Waals surface area contributed by atoms with Crippen molar-refractivity contribution in [3.05, 3.63) is 89.0 Å². The first-order valence-corrected chi connectivity index (χ1v) is 26.1. The van der Waals surface area contributed by atoms with Crippen molar-refractivity contribution in [3.8, 4) is 5.75 Å². The van der Waals surface area contributed by atoms with Crippen LogP contribution in [-0.2, 0) is 49.4 Å². The standard InChI is InChI=1S/C53H66ClFN10O11/c1-71-47-32-44-39(51(58-35-57-44)59-36-7-8-42(55)41(54)30-36)31-45(47)60-48(66)6-3-14-62-15-11-37(12-16-62)63-17-19-64(20-18-63)50(68)34-76-29-28-75-27-26-74-25-24-73-23-22-72-21-13-56-43-5-2-4-38-40(43)33-65(53(38)70)46-9-10-49(67)61-52(46)69/h2-8,30-32,35,37,46,56H,9-29,33-34H2,1H3,(H,60,66)(H,57,58,59)(H,61,67,69)/b6-3+. The molecule has 3 fully saturated rings. The molecule has 3 saturated heterocycles. The van der Waals surface area contributed by atoms with E-state index < -0.39 is 17.8 Å². The maximum atomic E-state index is 13.7. The molecule has 1 aromatic heterocycles. The molecule has 4 N–H and O–H groups in total. The number of nitrogens with zero attached hydrogens (tertiary/aromatic N) is 6. The van der Waals surface area contributed by atoms with Crippen molar-refractivity contribution in [2.75, 3.05) is 141 Å². The van der Waals surface area contributed by atoms with E-state index in [-0.39, 0.29) is 41.7 Å². The Morgan fingerprint density at radius 1 is 0.829 bits per heavy atom. The summed E-state index contributed by atoms with van der Waals surface area (Å²) in [6.07, 6.45) is 7.33. The molecule has 408 valence electrons. The molecule has 21 nitrogen and oxygen atoms in total. The summed E-state index contributed by atoms with van der Waals surface area (Å²) >= 11 is 5.97. The molecular formula is C53H66ClFN10O11. The Morgan fingerprint density at radius 3 is 2.24 bits per heavy atom. The third-order valence-electron chi connectivity index (χ3n) is 13.6. The smallest absolute Gasteiger partial charge is 0.255 e. The van der Waals surface area contributed by atoms with E-state index in [0.29, 0.717) is 144 Å². The van der Waals surface area contributed by atoms with Crippen molar-refractivity contribution in [2.24, 2.45) is 0 Å². The van der Waals surface area contributed by atoms with Crippen molar-refractivity contribution >= 4 is 74.9 Å². The molecule has 76 heavy (non-hydrogen) atoms. The molecular weight excluding hydrogens is 1010 g/mol. The molecule has 0 radical (unpaired) electrons. The molecule has 1 atom stereocenters. The predicted molar refractivity (Wildman–Crippen MR) is 281 cm³/mol. The number of hydrogen-bond acceptors (Lipinski definition) is 17. The largest absolute Gasteiger partial charge is 0.494 e. The van der Waals surface area contributed by atoms with Gasteiger partial charge in [0.15, 0.2) is 0 Å². The van der Waals surface area contributed by atoms with Crippen LogP contribution in [0.15, 0.2) is 67.0 Å². The number of aromatic nitrogens is 2. The van der Waals surface area contributed by atoms with Crippen LogP contribution >= 0.6 is 11.6 Å². The van der Waals surface area contributed by atoms with Gasteiger partial charge in [0.1, 0.15) is 36.4 Å². The summed E-state index contributed by atoms with van der Waals surface area (Å²) in [4.78, 5) is 79.8. The number of rotatable bonds is 27. The average Bonchev–Trinajstić information content (AvgIpc) is 3.76. The second-order valence-electron chi connectivity index (χ2n) is 18.5. The molecule has 5 amide bonds. The highest BCUT2D eigenvalue weighted by Crippen LogP contribution is 2.35. The fourth-order valence-electron chi connectivity index (χ4n) is 9.59. The van der Waals surface area contributed by atoms with E-state index in [1.54, 1.807) is 30.3 Å². The van der Waals surface area contributed by atoms with Crippen molar-refractivity contribution in [3.63, 3.8) is 0 Å². The van der Waals surface area contributed by atoms with Gasteiger partial charge in [-0.25, -0.2) is 14.4 Å². The van der Waals surface area contributed by atoms with Gasteiger partial charge in [-0.2, -0.15) is 0 Å². The van der Waals surface area contributed by atoms with Crippen LogP contribution in [0, 0.1) is 5.82 Å². The number of carbonyl (C=O) groups is 5. The molecule has 4 aliphatic rings. The molecule has 5 heterocycles. The van der Waals surface area contributed by atoms with Crippen molar-refractivity contribution in [2.45, 2.75) is 44.3 Å². The Kier molecular flexibility index (Phi) is 20.7. The fraction of sp³-hybridized carbons (Fsp3) is 0.491. The van der Waals surface area contributed by atoms with Crippen LogP contribution in [0.5, 0.6) is 5.75 Å². The van der Waals surface area contributed by atoms with Crippen LogP contribution < -0.4 is 26.0 Å². The van der Waals surface area contributed by atoms with E-state index in [4.69, 9.17) is 40.0 Å². The van der Waals surface area contributed by atoms with Crippen LogP contribution in [0.25, 0.3) is 10.9 Å². The number of nitrogens with one attached hydrogen (secondary N) is 4. The second kappa shape index (κ2) is 28.1. The SMILES string of the molecule is COc1cc2ncnc(Nc3ccc(F)c(Cl)c3)c2cc1NC(=O)/C=C/CN1CCC(N2CCN(C(=O)COCCOCCOCCOCCOCCNc3cccc4c3CN(C3CCC(=O)NC3=O)C4=O)CC2)CC1. The zero-order valence-corrected chi connectivity index (χ0v) is 43.5. The van der Waals surface area contributed by atoms with Crippen molar-refractivity contribution < 1.29 is 56.8 Å². The van der Waals surface area contributed by atoms with Crippen LogP contribution in [0.4, 0.5) is 27.3 Å². The first-order chi connectivity index (χ1) is 37.0. The summed E-state index contributed by atoms with van der Waals surface area (Å²) in [5, 5.41) is 12.3. The number of amides is 5. The minimum Gasteiger partial charge on any atom is -0.494 e. The van der Waals surface area contributed by atoms with Gasteiger partial charge in [0.25, 0.3) is 5.91 Å². The highest BCUT2D eigenvalue weighted by molar-refractivity contribution is 6.31. The number of halogens is 2. The third-order valence-corrected chi connectivity index (χ3v) is 13.9. The van der Waals surface area contributed by atoms with Crippen molar-refractivity contribution in [1.29, 1.82) is 0 Å². The van der Waals surface area contributed by atoms with Gasteiger partial charge in [0.05, 0.1) is 82.8 Å². The van der Waals surface area contributed by atoms with E-state index in [0.717, 1.165) is 50.3 Å². The van der Waals surface area contributed by atoms with Gasteiger partial charge in [-0.05, 0) is 68.8 Å².